The van der Waals surface area contributed by atoms with Crippen LogP contribution in [0.25, 0.3) is 0 Å². The molecule has 1 aromatic heterocycles. The lowest BCUT2D eigenvalue weighted by molar-refractivity contribution is 0.0921. The van der Waals surface area contributed by atoms with Gasteiger partial charge in [0.05, 0.1) is 18.3 Å². The predicted molar refractivity (Wildman–Crippen MR) is 57.2 cm³/mol. The zero-order chi connectivity index (χ0) is 10.7. The quantitative estimate of drug-likeness (QED) is 0.798. The molecule has 0 aliphatic rings. The summed E-state index contributed by atoms with van der Waals surface area (Å²) in [4.78, 5) is 0. The Morgan fingerprint density at radius 2 is 2.14 bits per heavy atom. The van der Waals surface area contributed by atoms with Gasteiger partial charge in [0.1, 0.15) is 0 Å². The van der Waals surface area contributed by atoms with Crippen molar-refractivity contribution in [1.82, 2.24) is 9.78 Å². The molecule has 0 aliphatic heterocycles. The number of hydrogen-bond acceptors (Lipinski definition) is 2. The second-order valence-electron chi connectivity index (χ2n) is 4.06. The molecule has 1 aromatic rings. The Balaban J connectivity index is 2.64. The Bertz CT molecular complexity index is 293. The van der Waals surface area contributed by atoms with Crippen molar-refractivity contribution in [1.29, 1.82) is 0 Å². The molecule has 0 saturated carbocycles. The average molecular weight is 196 g/mol. The summed E-state index contributed by atoms with van der Waals surface area (Å²) >= 11 is 0. The van der Waals surface area contributed by atoms with E-state index in [0.717, 1.165) is 17.8 Å². The van der Waals surface area contributed by atoms with Crippen LogP contribution in [0, 0.1) is 19.8 Å². The summed E-state index contributed by atoms with van der Waals surface area (Å²) in [5.41, 5.74) is 2.13. The van der Waals surface area contributed by atoms with Crippen molar-refractivity contribution in [3.63, 3.8) is 0 Å². The van der Waals surface area contributed by atoms with Crippen molar-refractivity contribution in [3.05, 3.63) is 17.5 Å². The van der Waals surface area contributed by atoms with Crippen molar-refractivity contribution >= 4 is 0 Å². The van der Waals surface area contributed by atoms with Crippen LogP contribution in [0.1, 0.15) is 31.7 Å². The number of aliphatic hydroxyl groups is 1. The van der Waals surface area contributed by atoms with Crippen LogP contribution in [-0.2, 0) is 6.54 Å². The van der Waals surface area contributed by atoms with Gasteiger partial charge in [-0.2, -0.15) is 5.10 Å². The van der Waals surface area contributed by atoms with Crippen LogP contribution in [0.4, 0.5) is 0 Å². The van der Waals surface area contributed by atoms with Crippen LogP contribution in [0.5, 0.6) is 0 Å². The van der Waals surface area contributed by atoms with E-state index in [1.54, 1.807) is 0 Å². The highest BCUT2D eigenvalue weighted by Gasteiger charge is 2.14. The maximum atomic E-state index is 9.84. The molecular weight excluding hydrogens is 176 g/mol. The van der Waals surface area contributed by atoms with Gasteiger partial charge in [-0.3, -0.25) is 4.68 Å². The first-order chi connectivity index (χ1) is 6.54. The first-order valence-corrected chi connectivity index (χ1v) is 5.23. The van der Waals surface area contributed by atoms with E-state index >= 15 is 0 Å². The Labute approximate surface area is 85.8 Å². The van der Waals surface area contributed by atoms with E-state index in [0.29, 0.717) is 12.5 Å². The summed E-state index contributed by atoms with van der Waals surface area (Å²) in [5.74, 6) is 0.332. The molecule has 0 radical (unpaired) electrons. The van der Waals surface area contributed by atoms with Crippen LogP contribution in [-0.4, -0.2) is 21.0 Å². The highest BCUT2D eigenvalue weighted by molar-refractivity contribution is 5.06. The highest BCUT2D eigenvalue weighted by Crippen LogP contribution is 2.11. The van der Waals surface area contributed by atoms with Crippen molar-refractivity contribution in [2.24, 2.45) is 5.92 Å². The van der Waals surface area contributed by atoms with Crippen LogP contribution in [0.2, 0.25) is 0 Å². The van der Waals surface area contributed by atoms with Gasteiger partial charge in [-0.1, -0.05) is 20.3 Å². The number of aliphatic hydroxyl groups excluding tert-OH is 1. The summed E-state index contributed by atoms with van der Waals surface area (Å²) in [6, 6.07) is 2.03. The first kappa shape index (κ1) is 11.2. The van der Waals surface area contributed by atoms with Crippen LogP contribution in [0.15, 0.2) is 6.07 Å². The monoisotopic (exact) mass is 196 g/mol. The molecule has 1 rings (SSSR count). The number of nitrogens with zero attached hydrogens (tertiary/aromatic N) is 2. The third-order valence-corrected chi connectivity index (χ3v) is 2.76. The number of rotatable bonds is 4. The van der Waals surface area contributed by atoms with Gasteiger partial charge in [0.15, 0.2) is 0 Å². The van der Waals surface area contributed by atoms with E-state index in [4.69, 9.17) is 0 Å². The molecule has 1 heterocycles. The molecule has 3 nitrogen and oxygen atoms in total. The van der Waals surface area contributed by atoms with Crippen molar-refractivity contribution in [2.45, 2.75) is 46.8 Å². The third kappa shape index (κ3) is 2.58. The van der Waals surface area contributed by atoms with Crippen molar-refractivity contribution in [2.75, 3.05) is 0 Å². The van der Waals surface area contributed by atoms with Crippen LogP contribution >= 0.6 is 0 Å². The zero-order valence-corrected chi connectivity index (χ0v) is 9.49. The van der Waals surface area contributed by atoms with Crippen molar-refractivity contribution in [3.8, 4) is 0 Å². The Morgan fingerprint density at radius 3 is 2.57 bits per heavy atom. The molecule has 2 unspecified atom stereocenters. The van der Waals surface area contributed by atoms with Gasteiger partial charge in [-0.25, -0.2) is 0 Å². The lowest BCUT2D eigenvalue weighted by atomic mass is 10.0. The molecule has 0 amide bonds. The number of aromatic nitrogens is 2. The minimum Gasteiger partial charge on any atom is -0.391 e. The molecule has 14 heavy (non-hydrogen) atoms. The van der Waals surface area contributed by atoms with Gasteiger partial charge in [-0.05, 0) is 25.8 Å². The SMILES string of the molecule is CCC(C)C(O)Cn1nc(C)cc1C. The second-order valence-corrected chi connectivity index (χ2v) is 4.06. The van der Waals surface area contributed by atoms with E-state index in [2.05, 4.69) is 18.9 Å². The maximum absolute atomic E-state index is 9.84. The normalized spacial score (nSPS) is 15.5. The van der Waals surface area contributed by atoms with Gasteiger partial charge >= 0.3 is 0 Å². The zero-order valence-electron chi connectivity index (χ0n) is 9.49. The molecule has 0 aromatic carbocycles. The minimum absolute atomic E-state index is 0.294. The fraction of sp³-hybridized carbons (Fsp3) is 0.727. The largest absolute Gasteiger partial charge is 0.391 e. The van der Waals surface area contributed by atoms with Gasteiger partial charge in [0.2, 0.25) is 0 Å². The summed E-state index contributed by atoms with van der Waals surface area (Å²) in [6.07, 6.45) is 0.707. The fourth-order valence-corrected chi connectivity index (χ4v) is 1.49. The lowest BCUT2D eigenvalue weighted by Gasteiger charge is -2.17. The summed E-state index contributed by atoms with van der Waals surface area (Å²) < 4.78 is 1.88. The minimum atomic E-state index is -0.294. The Hall–Kier alpha value is -0.830. The highest BCUT2D eigenvalue weighted by atomic mass is 16.3. The molecule has 1 N–H and O–H groups in total. The van der Waals surface area contributed by atoms with E-state index in [-0.39, 0.29) is 6.10 Å². The van der Waals surface area contributed by atoms with Gasteiger partial charge in [-0.15, -0.1) is 0 Å². The smallest absolute Gasteiger partial charge is 0.0761 e. The van der Waals surface area contributed by atoms with E-state index in [9.17, 15) is 5.11 Å². The Kier molecular flexibility index (Phi) is 3.69. The van der Waals surface area contributed by atoms with E-state index in [1.165, 1.54) is 0 Å². The molecule has 80 valence electrons. The van der Waals surface area contributed by atoms with Crippen molar-refractivity contribution < 1.29 is 5.11 Å². The van der Waals surface area contributed by atoms with E-state index < -0.39 is 0 Å². The predicted octanol–water partition coefficient (Wildman–Crippen LogP) is 1.91. The summed E-state index contributed by atoms with van der Waals surface area (Å²) in [6.45, 7) is 8.75. The van der Waals surface area contributed by atoms with Gasteiger partial charge < -0.3 is 5.11 Å². The maximum Gasteiger partial charge on any atom is 0.0761 e. The summed E-state index contributed by atoms with van der Waals surface area (Å²) in [5, 5.41) is 14.2. The fourth-order valence-electron chi connectivity index (χ4n) is 1.49. The number of hydrogen-bond donors (Lipinski definition) is 1. The van der Waals surface area contributed by atoms with Gasteiger partial charge in [0.25, 0.3) is 0 Å². The molecule has 0 spiro atoms. The topological polar surface area (TPSA) is 38.0 Å². The Morgan fingerprint density at radius 1 is 1.50 bits per heavy atom. The molecule has 3 heteroatoms. The molecule has 2 atom stereocenters. The molecule has 0 fully saturated rings. The van der Waals surface area contributed by atoms with Crippen LogP contribution < -0.4 is 0 Å². The van der Waals surface area contributed by atoms with E-state index in [1.807, 2.05) is 24.6 Å². The second kappa shape index (κ2) is 4.60. The third-order valence-electron chi connectivity index (χ3n) is 2.76. The molecule has 0 saturated heterocycles. The van der Waals surface area contributed by atoms with Gasteiger partial charge in [0, 0.05) is 5.69 Å². The first-order valence-electron chi connectivity index (χ1n) is 5.23. The average Bonchev–Trinajstić information content (AvgIpc) is 2.44. The molecule has 0 aliphatic carbocycles. The lowest BCUT2D eigenvalue weighted by Crippen LogP contribution is -2.24. The number of aryl methyl sites for hydroxylation is 2. The standard InChI is InChI=1S/C11H20N2O/c1-5-8(2)11(14)7-13-10(4)6-9(3)12-13/h6,8,11,14H,5,7H2,1-4H3. The summed E-state index contributed by atoms with van der Waals surface area (Å²) in [7, 11) is 0. The molecule has 0 bridgehead atoms. The van der Waals surface area contributed by atoms with Crippen LogP contribution in [0.3, 0.4) is 0 Å². The molecular formula is C11H20N2O.